The lowest BCUT2D eigenvalue weighted by Crippen LogP contribution is -2.26. The van der Waals surface area contributed by atoms with Gasteiger partial charge in [-0.05, 0) is 62.4 Å². The van der Waals surface area contributed by atoms with E-state index in [1.807, 2.05) is 38.1 Å². The van der Waals surface area contributed by atoms with Crippen LogP contribution < -0.4 is 14.4 Å². The third-order valence-corrected chi connectivity index (χ3v) is 3.93. The zero-order chi connectivity index (χ0) is 19.4. The number of carbonyl (C=O) groups is 2. The van der Waals surface area contributed by atoms with E-state index in [0.29, 0.717) is 12.3 Å². The van der Waals surface area contributed by atoms with Crippen molar-refractivity contribution in [2.45, 2.75) is 26.1 Å². The van der Waals surface area contributed by atoms with Gasteiger partial charge in [-0.3, -0.25) is 4.90 Å². The molecule has 0 saturated carbocycles. The molecule has 2 aromatic rings. The summed E-state index contributed by atoms with van der Waals surface area (Å²) < 4.78 is 16.5. The quantitative estimate of drug-likeness (QED) is 0.801. The normalized spacial score (nSPS) is 16.3. The largest absolute Gasteiger partial charge is 0.491 e. The van der Waals surface area contributed by atoms with Crippen LogP contribution in [0.4, 0.5) is 10.5 Å². The molecule has 7 heteroatoms. The van der Waals surface area contributed by atoms with Gasteiger partial charge in [0.15, 0.2) is 6.10 Å². The first kappa shape index (κ1) is 18.6. The number of ether oxygens (including phenoxy) is 3. The standard InChI is InChI=1S/C20H21NO6/c1-13(2)26-17-9-5-15(6-10-17)21-11-18(27-20(21)24)12-25-16-7-3-14(4-8-16)19(22)23/h3-10,13,18H,11-12H2,1-2H3,(H,22,23). The van der Waals surface area contributed by atoms with Gasteiger partial charge in [0.2, 0.25) is 0 Å². The predicted molar refractivity (Wildman–Crippen MR) is 98.7 cm³/mol. The van der Waals surface area contributed by atoms with Gasteiger partial charge in [-0.25, -0.2) is 9.59 Å². The highest BCUT2D eigenvalue weighted by atomic mass is 16.6. The lowest BCUT2D eigenvalue weighted by Gasteiger charge is -2.15. The molecule has 1 N–H and O–H groups in total. The number of anilines is 1. The van der Waals surface area contributed by atoms with Crippen LogP contribution in [0, 0.1) is 0 Å². The molecule has 1 aliphatic heterocycles. The Hall–Kier alpha value is -3.22. The number of hydrogen-bond donors (Lipinski definition) is 1. The van der Waals surface area contributed by atoms with Gasteiger partial charge >= 0.3 is 12.1 Å². The zero-order valence-electron chi connectivity index (χ0n) is 15.1. The van der Waals surface area contributed by atoms with E-state index in [1.165, 1.54) is 12.1 Å². The molecule has 1 atom stereocenters. The maximum Gasteiger partial charge on any atom is 0.414 e. The van der Waals surface area contributed by atoms with Crippen molar-refractivity contribution in [2.24, 2.45) is 0 Å². The highest BCUT2D eigenvalue weighted by Gasteiger charge is 2.32. The first-order valence-corrected chi connectivity index (χ1v) is 8.63. The number of benzene rings is 2. The summed E-state index contributed by atoms with van der Waals surface area (Å²) in [5.41, 5.74) is 0.912. The smallest absolute Gasteiger partial charge is 0.414 e. The SMILES string of the molecule is CC(C)Oc1ccc(N2CC(COc3ccc(C(=O)O)cc3)OC2=O)cc1. The Morgan fingerprint density at radius 2 is 1.78 bits per heavy atom. The first-order valence-electron chi connectivity index (χ1n) is 8.63. The molecule has 0 radical (unpaired) electrons. The number of carbonyl (C=O) groups excluding carboxylic acids is 1. The Labute approximate surface area is 157 Å². The van der Waals surface area contributed by atoms with Crippen LogP contribution in [0.1, 0.15) is 24.2 Å². The summed E-state index contributed by atoms with van der Waals surface area (Å²) in [6.07, 6.45) is -0.760. The van der Waals surface area contributed by atoms with Crippen LogP contribution in [0.3, 0.4) is 0 Å². The van der Waals surface area contributed by atoms with Crippen LogP contribution in [0.5, 0.6) is 11.5 Å². The topological polar surface area (TPSA) is 85.3 Å². The predicted octanol–water partition coefficient (Wildman–Crippen LogP) is 3.58. The Balaban J connectivity index is 1.56. The first-order chi connectivity index (χ1) is 12.9. The summed E-state index contributed by atoms with van der Waals surface area (Å²) in [7, 11) is 0. The molecule has 3 rings (SSSR count). The number of cyclic esters (lactones) is 1. The molecule has 0 bridgehead atoms. The summed E-state index contributed by atoms with van der Waals surface area (Å²) in [5.74, 6) is 0.266. The molecule has 2 aromatic carbocycles. The fraction of sp³-hybridized carbons (Fsp3) is 0.300. The fourth-order valence-corrected chi connectivity index (χ4v) is 2.68. The molecule has 1 aliphatic rings. The van der Waals surface area contributed by atoms with E-state index in [2.05, 4.69) is 0 Å². The molecule has 0 aromatic heterocycles. The molecule has 7 nitrogen and oxygen atoms in total. The number of rotatable bonds is 7. The molecule has 1 amide bonds. The highest BCUT2D eigenvalue weighted by Crippen LogP contribution is 2.25. The minimum Gasteiger partial charge on any atom is -0.491 e. The Morgan fingerprint density at radius 3 is 2.37 bits per heavy atom. The van der Waals surface area contributed by atoms with Crippen LogP contribution in [0.15, 0.2) is 48.5 Å². The number of carboxylic acid groups (broad SMARTS) is 1. The van der Waals surface area contributed by atoms with E-state index in [9.17, 15) is 9.59 Å². The van der Waals surface area contributed by atoms with E-state index in [0.717, 1.165) is 11.4 Å². The van der Waals surface area contributed by atoms with E-state index in [-0.39, 0.29) is 18.3 Å². The lowest BCUT2D eigenvalue weighted by molar-refractivity contribution is 0.0696. The Bertz CT molecular complexity index is 800. The molecule has 27 heavy (non-hydrogen) atoms. The zero-order valence-corrected chi connectivity index (χ0v) is 15.1. The van der Waals surface area contributed by atoms with Crippen molar-refractivity contribution >= 4 is 17.7 Å². The van der Waals surface area contributed by atoms with Crippen LogP contribution in [-0.4, -0.2) is 42.5 Å². The van der Waals surface area contributed by atoms with Gasteiger partial charge in [-0.1, -0.05) is 0 Å². The molecule has 142 valence electrons. The van der Waals surface area contributed by atoms with Crippen molar-refractivity contribution < 1.29 is 28.9 Å². The molecule has 1 fully saturated rings. The van der Waals surface area contributed by atoms with Gasteiger partial charge in [0.1, 0.15) is 18.1 Å². The monoisotopic (exact) mass is 371 g/mol. The molecular formula is C20H21NO6. The van der Waals surface area contributed by atoms with E-state index in [1.54, 1.807) is 17.0 Å². The minimum absolute atomic E-state index is 0.0821. The second-order valence-corrected chi connectivity index (χ2v) is 6.42. The number of hydrogen-bond acceptors (Lipinski definition) is 5. The third-order valence-electron chi connectivity index (χ3n) is 3.93. The van der Waals surface area contributed by atoms with Crippen molar-refractivity contribution in [1.29, 1.82) is 0 Å². The lowest BCUT2D eigenvalue weighted by atomic mass is 10.2. The average molecular weight is 371 g/mol. The average Bonchev–Trinajstić information content (AvgIpc) is 3.01. The van der Waals surface area contributed by atoms with Crippen molar-refractivity contribution in [3.63, 3.8) is 0 Å². The van der Waals surface area contributed by atoms with Crippen molar-refractivity contribution in [3.05, 3.63) is 54.1 Å². The maximum atomic E-state index is 12.1. The summed E-state index contributed by atoms with van der Waals surface area (Å²) in [5, 5.41) is 8.89. The molecule has 1 heterocycles. The summed E-state index contributed by atoms with van der Waals surface area (Å²) in [4.78, 5) is 24.5. The number of aromatic carboxylic acids is 1. The number of amides is 1. The highest BCUT2D eigenvalue weighted by molar-refractivity contribution is 5.89. The van der Waals surface area contributed by atoms with Gasteiger partial charge in [-0.15, -0.1) is 0 Å². The maximum absolute atomic E-state index is 12.1. The van der Waals surface area contributed by atoms with Gasteiger partial charge in [0.25, 0.3) is 0 Å². The molecule has 1 saturated heterocycles. The summed E-state index contributed by atoms with van der Waals surface area (Å²) in [6, 6.07) is 13.3. The number of nitrogens with zero attached hydrogens (tertiary/aromatic N) is 1. The number of carboxylic acids is 1. The van der Waals surface area contributed by atoms with Crippen molar-refractivity contribution in [2.75, 3.05) is 18.1 Å². The second-order valence-electron chi connectivity index (χ2n) is 6.42. The van der Waals surface area contributed by atoms with Gasteiger partial charge < -0.3 is 19.3 Å². The van der Waals surface area contributed by atoms with E-state index in [4.69, 9.17) is 19.3 Å². The van der Waals surface area contributed by atoms with Gasteiger partial charge in [-0.2, -0.15) is 0 Å². The molecular weight excluding hydrogens is 350 g/mol. The minimum atomic E-state index is -0.994. The molecule has 0 spiro atoms. The van der Waals surface area contributed by atoms with Crippen LogP contribution in [0.2, 0.25) is 0 Å². The molecule has 0 aliphatic carbocycles. The van der Waals surface area contributed by atoms with E-state index >= 15 is 0 Å². The van der Waals surface area contributed by atoms with Crippen LogP contribution >= 0.6 is 0 Å². The van der Waals surface area contributed by atoms with Crippen LogP contribution in [0.25, 0.3) is 0 Å². The van der Waals surface area contributed by atoms with Gasteiger partial charge in [0.05, 0.1) is 18.2 Å². The van der Waals surface area contributed by atoms with Gasteiger partial charge in [0, 0.05) is 5.69 Å². The Kier molecular flexibility index (Phi) is 5.49. The van der Waals surface area contributed by atoms with Crippen molar-refractivity contribution in [3.8, 4) is 11.5 Å². The Morgan fingerprint density at radius 1 is 1.15 bits per heavy atom. The van der Waals surface area contributed by atoms with E-state index < -0.39 is 18.2 Å². The molecule has 1 unspecified atom stereocenters. The fourth-order valence-electron chi connectivity index (χ4n) is 2.68. The third kappa shape index (κ3) is 4.69. The second kappa shape index (κ2) is 7.99. The summed E-state index contributed by atoms with van der Waals surface area (Å²) in [6.45, 7) is 4.46. The van der Waals surface area contributed by atoms with Crippen LogP contribution in [-0.2, 0) is 4.74 Å². The van der Waals surface area contributed by atoms with Crippen molar-refractivity contribution in [1.82, 2.24) is 0 Å². The summed E-state index contributed by atoms with van der Waals surface area (Å²) >= 11 is 0.